The highest BCUT2D eigenvalue weighted by molar-refractivity contribution is 5.81. The molecule has 5 nitrogen and oxygen atoms in total. The number of hydrogen-bond acceptors (Lipinski definition) is 4. The zero-order valence-corrected chi connectivity index (χ0v) is 11.5. The van der Waals surface area contributed by atoms with Crippen molar-refractivity contribution in [3.8, 4) is 0 Å². The van der Waals surface area contributed by atoms with Crippen molar-refractivity contribution in [1.29, 1.82) is 0 Å². The van der Waals surface area contributed by atoms with Crippen LogP contribution in [0.15, 0.2) is 0 Å². The van der Waals surface area contributed by atoms with E-state index in [-0.39, 0.29) is 11.9 Å². The van der Waals surface area contributed by atoms with Crippen LogP contribution in [0.25, 0.3) is 0 Å². The predicted molar refractivity (Wildman–Crippen MR) is 70.5 cm³/mol. The number of nitrogens with one attached hydrogen (secondary N) is 1. The molecule has 1 N–H and O–H groups in total. The number of carbonyl (C=O) groups is 1. The van der Waals surface area contributed by atoms with Gasteiger partial charge in [-0.05, 0) is 32.4 Å². The molecule has 0 spiro atoms. The van der Waals surface area contributed by atoms with Crippen molar-refractivity contribution in [2.75, 3.05) is 53.5 Å². The number of nitrogens with zero attached hydrogens (tertiary/aromatic N) is 2. The van der Waals surface area contributed by atoms with E-state index in [0.717, 1.165) is 19.6 Å². The fourth-order valence-electron chi connectivity index (χ4n) is 2.89. The molecule has 0 bridgehead atoms. The minimum atomic E-state index is -0.148. The van der Waals surface area contributed by atoms with Crippen molar-refractivity contribution in [1.82, 2.24) is 15.1 Å². The zero-order chi connectivity index (χ0) is 13.0. The molecule has 2 rings (SSSR count). The number of amides is 1. The van der Waals surface area contributed by atoms with E-state index in [4.69, 9.17) is 4.74 Å². The summed E-state index contributed by atoms with van der Waals surface area (Å²) in [6, 6.07) is -0.148. The first kappa shape index (κ1) is 13.8. The molecule has 0 aliphatic carbocycles. The zero-order valence-electron chi connectivity index (χ0n) is 11.5. The van der Waals surface area contributed by atoms with Crippen molar-refractivity contribution in [2.45, 2.75) is 18.9 Å². The molecule has 2 aliphatic rings. The van der Waals surface area contributed by atoms with Crippen molar-refractivity contribution in [3.05, 3.63) is 0 Å². The molecule has 104 valence electrons. The highest BCUT2D eigenvalue weighted by atomic mass is 16.5. The molecule has 18 heavy (non-hydrogen) atoms. The maximum Gasteiger partial charge on any atom is 0.241 e. The fraction of sp³-hybridized carbons (Fsp3) is 0.923. The topological polar surface area (TPSA) is 44.8 Å². The smallest absolute Gasteiger partial charge is 0.241 e. The number of carbonyl (C=O) groups excluding carboxylic acids is 1. The third-order valence-electron chi connectivity index (χ3n) is 3.85. The van der Waals surface area contributed by atoms with E-state index in [0.29, 0.717) is 19.1 Å². The van der Waals surface area contributed by atoms with Gasteiger partial charge in [-0.1, -0.05) is 0 Å². The van der Waals surface area contributed by atoms with Gasteiger partial charge in [0, 0.05) is 26.7 Å². The average Bonchev–Trinajstić information content (AvgIpc) is 2.39. The summed E-state index contributed by atoms with van der Waals surface area (Å²) in [6.07, 6.45) is 2.48. The van der Waals surface area contributed by atoms with Gasteiger partial charge in [0.15, 0.2) is 0 Å². The van der Waals surface area contributed by atoms with E-state index in [1.807, 2.05) is 11.9 Å². The van der Waals surface area contributed by atoms with Gasteiger partial charge in [0.1, 0.15) is 6.04 Å². The second kappa shape index (κ2) is 6.50. The SMILES string of the molecule is CN1CCCC(CN(C)C(=O)C2COCCN2)C1. The van der Waals surface area contributed by atoms with Crippen LogP contribution in [0.4, 0.5) is 0 Å². The molecule has 1 amide bonds. The van der Waals surface area contributed by atoms with Crippen LogP contribution < -0.4 is 5.32 Å². The van der Waals surface area contributed by atoms with Gasteiger partial charge in [-0.25, -0.2) is 0 Å². The highest BCUT2D eigenvalue weighted by Gasteiger charge is 2.26. The van der Waals surface area contributed by atoms with Crippen LogP contribution in [0, 0.1) is 5.92 Å². The fourth-order valence-corrected chi connectivity index (χ4v) is 2.89. The lowest BCUT2D eigenvalue weighted by atomic mass is 9.98. The molecule has 0 saturated carbocycles. The summed E-state index contributed by atoms with van der Waals surface area (Å²) >= 11 is 0. The maximum atomic E-state index is 12.2. The summed E-state index contributed by atoms with van der Waals surface area (Å²) in [7, 11) is 4.07. The van der Waals surface area contributed by atoms with Crippen molar-refractivity contribution in [2.24, 2.45) is 5.92 Å². The number of rotatable bonds is 3. The lowest BCUT2D eigenvalue weighted by Crippen LogP contribution is -2.53. The van der Waals surface area contributed by atoms with E-state index >= 15 is 0 Å². The van der Waals surface area contributed by atoms with Crippen LogP contribution in [0.1, 0.15) is 12.8 Å². The minimum absolute atomic E-state index is 0.148. The van der Waals surface area contributed by atoms with E-state index in [2.05, 4.69) is 17.3 Å². The van der Waals surface area contributed by atoms with Gasteiger partial charge in [0.05, 0.1) is 13.2 Å². The first-order valence-corrected chi connectivity index (χ1v) is 6.91. The highest BCUT2D eigenvalue weighted by Crippen LogP contribution is 2.16. The first-order chi connectivity index (χ1) is 8.66. The summed E-state index contributed by atoms with van der Waals surface area (Å²) in [5, 5.41) is 3.22. The molecule has 0 radical (unpaired) electrons. The largest absolute Gasteiger partial charge is 0.378 e. The predicted octanol–water partition coefficient (Wildman–Crippen LogP) is -0.225. The lowest BCUT2D eigenvalue weighted by Gasteiger charge is -2.34. The molecule has 0 aromatic rings. The summed E-state index contributed by atoms with van der Waals surface area (Å²) in [4.78, 5) is 16.4. The molecule has 0 aromatic carbocycles. The van der Waals surface area contributed by atoms with Gasteiger partial charge >= 0.3 is 0 Å². The normalized spacial score (nSPS) is 30.1. The van der Waals surface area contributed by atoms with E-state index in [1.165, 1.54) is 19.4 Å². The molecular formula is C13H25N3O2. The maximum absolute atomic E-state index is 12.2. The Hall–Kier alpha value is -0.650. The Morgan fingerprint density at radius 3 is 3.06 bits per heavy atom. The number of morpholine rings is 1. The molecule has 2 heterocycles. The third-order valence-corrected chi connectivity index (χ3v) is 3.85. The number of likely N-dealkylation sites (tertiary alicyclic amines) is 1. The first-order valence-electron chi connectivity index (χ1n) is 6.91. The lowest BCUT2D eigenvalue weighted by molar-refractivity contribution is -0.135. The Labute approximate surface area is 109 Å². The van der Waals surface area contributed by atoms with Gasteiger partial charge in [-0.3, -0.25) is 4.79 Å². The minimum Gasteiger partial charge on any atom is -0.378 e. The van der Waals surface area contributed by atoms with Crippen molar-refractivity contribution < 1.29 is 9.53 Å². The van der Waals surface area contributed by atoms with E-state index in [9.17, 15) is 4.79 Å². The second-order valence-corrected chi connectivity index (χ2v) is 5.57. The van der Waals surface area contributed by atoms with Gasteiger partial charge in [0.2, 0.25) is 5.91 Å². The van der Waals surface area contributed by atoms with Crippen LogP contribution in [0.3, 0.4) is 0 Å². The number of likely N-dealkylation sites (N-methyl/N-ethyl adjacent to an activating group) is 1. The summed E-state index contributed by atoms with van der Waals surface area (Å²) in [6.45, 7) is 5.14. The van der Waals surface area contributed by atoms with Gasteiger partial charge < -0.3 is 19.9 Å². The Morgan fingerprint density at radius 1 is 1.56 bits per heavy atom. The summed E-state index contributed by atoms with van der Waals surface area (Å²) in [5.74, 6) is 0.783. The number of ether oxygens (including phenoxy) is 1. The molecular weight excluding hydrogens is 230 g/mol. The van der Waals surface area contributed by atoms with Crippen LogP contribution in [-0.4, -0.2) is 75.2 Å². The molecule has 0 aromatic heterocycles. The van der Waals surface area contributed by atoms with Gasteiger partial charge in [-0.2, -0.15) is 0 Å². The summed E-state index contributed by atoms with van der Waals surface area (Å²) in [5.41, 5.74) is 0. The monoisotopic (exact) mass is 255 g/mol. The van der Waals surface area contributed by atoms with Crippen LogP contribution in [-0.2, 0) is 9.53 Å². The van der Waals surface area contributed by atoms with Gasteiger partial charge in [0.25, 0.3) is 0 Å². The number of hydrogen-bond donors (Lipinski definition) is 1. The molecule has 2 fully saturated rings. The average molecular weight is 255 g/mol. The van der Waals surface area contributed by atoms with Crippen LogP contribution >= 0.6 is 0 Å². The molecule has 2 unspecified atom stereocenters. The van der Waals surface area contributed by atoms with Gasteiger partial charge in [-0.15, -0.1) is 0 Å². The Kier molecular flexibility index (Phi) is 4.97. The van der Waals surface area contributed by atoms with Crippen molar-refractivity contribution >= 4 is 5.91 Å². The standard InChI is InChI=1S/C13H25N3O2/c1-15-6-3-4-11(8-15)9-16(2)13(17)12-10-18-7-5-14-12/h11-12,14H,3-10H2,1-2H3. The molecule has 2 saturated heterocycles. The van der Waals surface area contributed by atoms with E-state index < -0.39 is 0 Å². The molecule has 2 atom stereocenters. The second-order valence-electron chi connectivity index (χ2n) is 5.57. The van der Waals surface area contributed by atoms with Crippen LogP contribution in [0.5, 0.6) is 0 Å². The van der Waals surface area contributed by atoms with Crippen molar-refractivity contribution in [3.63, 3.8) is 0 Å². The van der Waals surface area contributed by atoms with Crippen LogP contribution in [0.2, 0.25) is 0 Å². The Morgan fingerprint density at radius 2 is 2.39 bits per heavy atom. The Bertz CT molecular complexity index is 279. The Balaban J connectivity index is 1.79. The summed E-state index contributed by atoms with van der Waals surface area (Å²) < 4.78 is 5.34. The van der Waals surface area contributed by atoms with E-state index in [1.54, 1.807) is 0 Å². The molecule has 2 aliphatic heterocycles. The third kappa shape index (κ3) is 3.67. The number of piperidine rings is 1. The quantitative estimate of drug-likeness (QED) is 0.757. The molecule has 5 heteroatoms.